The fraction of sp³-hybridized carbons (Fsp3) is 0.250. The molecule has 0 saturated heterocycles. The van der Waals surface area contributed by atoms with Crippen molar-refractivity contribution in [3.8, 4) is 0 Å². The molecule has 0 spiro atoms. The summed E-state index contributed by atoms with van der Waals surface area (Å²) in [5.41, 5.74) is 2.48. The van der Waals surface area contributed by atoms with Crippen LogP contribution in [-0.2, 0) is 0 Å². The molecule has 2 heterocycles. The molecule has 1 aliphatic heterocycles. The number of fused-ring (bicyclic) bond motifs is 1. The van der Waals surface area contributed by atoms with Gasteiger partial charge < -0.3 is 5.32 Å². The van der Waals surface area contributed by atoms with Crippen LogP contribution in [0.4, 0.5) is 0 Å². The molecule has 0 radical (unpaired) electrons. The van der Waals surface area contributed by atoms with E-state index in [0.717, 1.165) is 29.5 Å². The second-order valence-electron chi connectivity index (χ2n) is 3.81. The van der Waals surface area contributed by atoms with Gasteiger partial charge in [0.05, 0.1) is 10.2 Å². The Labute approximate surface area is 107 Å². The van der Waals surface area contributed by atoms with Crippen LogP contribution in [0.3, 0.4) is 0 Å². The highest BCUT2D eigenvalue weighted by molar-refractivity contribution is 9.10. The van der Waals surface area contributed by atoms with Crippen LogP contribution >= 0.6 is 27.3 Å². The first-order valence-electron chi connectivity index (χ1n) is 5.29. The van der Waals surface area contributed by atoms with Crippen LogP contribution in [0.25, 0.3) is 15.8 Å². The second kappa shape index (κ2) is 4.28. The predicted molar refractivity (Wildman–Crippen MR) is 72.8 cm³/mol. The molecule has 0 atom stereocenters. The Bertz CT molecular complexity index is 559. The van der Waals surface area contributed by atoms with E-state index in [1.54, 1.807) is 11.3 Å². The van der Waals surface area contributed by atoms with Gasteiger partial charge in [0.2, 0.25) is 0 Å². The van der Waals surface area contributed by atoms with Gasteiger partial charge in [-0.3, -0.25) is 0 Å². The van der Waals surface area contributed by atoms with E-state index in [1.807, 2.05) is 0 Å². The van der Waals surface area contributed by atoms with Crippen molar-refractivity contribution < 1.29 is 0 Å². The molecule has 0 bridgehead atoms. The summed E-state index contributed by atoms with van der Waals surface area (Å²) in [7, 11) is 0. The van der Waals surface area contributed by atoms with Crippen molar-refractivity contribution in [2.45, 2.75) is 6.42 Å². The molecule has 1 aliphatic rings. The molecule has 0 unspecified atom stereocenters. The summed E-state index contributed by atoms with van der Waals surface area (Å²) in [6.45, 7) is 2.03. The maximum Gasteiger partial charge on any atom is 0.120 e. The van der Waals surface area contributed by atoms with E-state index in [1.165, 1.54) is 15.3 Å². The van der Waals surface area contributed by atoms with Gasteiger partial charge >= 0.3 is 0 Å². The van der Waals surface area contributed by atoms with Crippen LogP contribution in [0, 0.1) is 0 Å². The minimum atomic E-state index is 0.967. The number of aromatic nitrogens is 1. The fourth-order valence-electron chi connectivity index (χ4n) is 1.85. The second-order valence-corrected chi connectivity index (χ2v) is 5.76. The van der Waals surface area contributed by atoms with E-state index in [4.69, 9.17) is 0 Å². The van der Waals surface area contributed by atoms with E-state index in [-0.39, 0.29) is 0 Å². The summed E-state index contributed by atoms with van der Waals surface area (Å²) in [6.07, 6.45) is 3.33. The Morgan fingerprint density at radius 2 is 2.31 bits per heavy atom. The topological polar surface area (TPSA) is 24.9 Å². The molecule has 82 valence electrons. The first kappa shape index (κ1) is 10.4. The Balaban J connectivity index is 2.07. The van der Waals surface area contributed by atoms with E-state index in [0.29, 0.717) is 0 Å². The van der Waals surface area contributed by atoms with Crippen LogP contribution in [0.1, 0.15) is 11.4 Å². The van der Waals surface area contributed by atoms with Crippen LogP contribution < -0.4 is 5.32 Å². The van der Waals surface area contributed by atoms with Crippen molar-refractivity contribution >= 4 is 43.1 Å². The highest BCUT2D eigenvalue weighted by Crippen LogP contribution is 2.30. The number of nitrogens with zero attached hydrogens (tertiary/aromatic N) is 1. The zero-order valence-corrected chi connectivity index (χ0v) is 11.1. The van der Waals surface area contributed by atoms with Crippen molar-refractivity contribution in [3.63, 3.8) is 0 Å². The summed E-state index contributed by atoms with van der Waals surface area (Å²) < 4.78 is 2.36. The van der Waals surface area contributed by atoms with Crippen molar-refractivity contribution in [1.29, 1.82) is 0 Å². The number of halogens is 1. The molecule has 3 rings (SSSR count). The molecular weight excluding hydrogens is 284 g/mol. The molecule has 0 amide bonds. The van der Waals surface area contributed by atoms with Crippen LogP contribution in [0.15, 0.2) is 28.7 Å². The minimum absolute atomic E-state index is 0.967. The van der Waals surface area contributed by atoms with Crippen LogP contribution in [0.2, 0.25) is 0 Å². The number of rotatable bonds is 1. The van der Waals surface area contributed by atoms with Crippen molar-refractivity contribution in [3.05, 3.63) is 33.8 Å². The third kappa shape index (κ3) is 1.93. The Kier molecular flexibility index (Phi) is 2.79. The lowest BCUT2D eigenvalue weighted by molar-refractivity contribution is 0.738. The summed E-state index contributed by atoms with van der Waals surface area (Å²) in [5.74, 6) is 0. The normalized spacial score (nSPS) is 16.4. The third-order valence-electron chi connectivity index (χ3n) is 2.69. The highest BCUT2D eigenvalue weighted by Gasteiger charge is 2.10. The number of thiazole rings is 1. The van der Waals surface area contributed by atoms with E-state index in [2.05, 4.69) is 50.5 Å². The zero-order valence-electron chi connectivity index (χ0n) is 8.66. The third-order valence-corrected chi connectivity index (χ3v) is 4.29. The fourth-order valence-corrected chi connectivity index (χ4v) is 3.22. The average Bonchev–Trinajstić information content (AvgIpc) is 2.73. The van der Waals surface area contributed by atoms with Gasteiger partial charge in [-0.1, -0.05) is 22.0 Å². The Morgan fingerprint density at radius 1 is 1.38 bits per heavy atom. The van der Waals surface area contributed by atoms with Gasteiger partial charge in [0.15, 0.2) is 0 Å². The molecule has 1 N–H and O–H groups in total. The van der Waals surface area contributed by atoms with Crippen LogP contribution in [0.5, 0.6) is 0 Å². The molecule has 1 aromatic carbocycles. The molecule has 2 nitrogen and oxygen atoms in total. The Hall–Kier alpha value is -0.710. The summed E-state index contributed by atoms with van der Waals surface area (Å²) >= 11 is 5.26. The maximum atomic E-state index is 4.69. The highest BCUT2D eigenvalue weighted by atomic mass is 79.9. The average molecular weight is 295 g/mol. The van der Waals surface area contributed by atoms with Gasteiger partial charge in [0.25, 0.3) is 0 Å². The quantitative estimate of drug-likeness (QED) is 0.872. The predicted octanol–water partition coefficient (Wildman–Crippen LogP) is 3.44. The van der Waals surface area contributed by atoms with E-state index < -0.39 is 0 Å². The van der Waals surface area contributed by atoms with Gasteiger partial charge in [-0.15, -0.1) is 11.3 Å². The summed E-state index contributed by atoms with van der Waals surface area (Å²) in [6, 6.07) is 6.28. The molecule has 4 heteroatoms. The summed E-state index contributed by atoms with van der Waals surface area (Å²) in [4.78, 5) is 4.69. The van der Waals surface area contributed by atoms with Gasteiger partial charge in [0.1, 0.15) is 5.01 Å². The number of benzene rings is 1. The van der Waals surface area contributed by atoms with Gasteiger partial charge in [0, 0.05) is 11.0 Å². The summed E-state index contributed by atoms with van der Waals surface area (Å²) in [5, 5.41) is 4.50. The minimum Gasteiger partial charge on any atom is -0.313 e. The monoisotopic (exact) mass is 294 g/mol. The molecule has 0 fully saturated rings. The first-order valence-corrected chi connectivity index (χ1v) is 6.90. The van der Waals surface area contributed by atoms with Gasteiger partial charge in [-0.25, -0.2) is 4.98 Å². The van der Waals surface area contributed by atoms with Gasteiger partial charge in [-0.2, -0.15) is 0 Å². The van der Waals surface area contributed by atoms with Crippen molar-refractivity contribution in [1.82, 2.24) is 10.3 Å². The lowest BCUT2D eigenvalue weighted by Crippen LogP contribution is -2.19. The van der Waals surface area contributed by atoms with Gasteiger partial charge in [-0.05, 0) is 36.7 Å². The largest absolute Gasteiger partial charge is 0.313 e. The van der Waals surface area contributed by atoms with Crippen molar-refractivity contribution in [2.24, 2.45) is 0 Å². The van der Waals surface area contributed by atoms with Crippen LogP contribution in [-0.4, -0.2) is 18.1 Å². The molecule has 0 saturated carbocycles. The number of hydrogen-bond donors (Lipinski definition) is 1. The molecule has 2 aromatic rings. The smallest absolute Gasteiger partial charge is 0.120 e. The van der Waals surface area contributed by atoms with E-state index in [9.17, 15) is 0 Å². The molecule has 16 heavy (non-hydrogen) atoms. The lowest BCUT2D eigenvalue weighted by atomic mass is 10.1. The Morgan fingerprint density at radius 3 is 3.12 bits per heavy atom. The zero-order chi connectivity index (χ0) is 11.0. The first-order chi connectivity index (χ1) is 7.83. The lowest BCUT2D eigenvalue weighted by Gasteiger charge is -2.10. The number of hydrogen-bond acceptors (Lipinski definition) is 3. The van der Waals surface area contributed by atoms with E-state index >= 15 is 0 Å². The number of nitrogens with one attached hydrogen (secondary N) is 1. The molecular formula is C12H11BrN2S. The maximum absolute atomic E-state index is 4.69. The molecule has 1 aromatic heterocycles. The molecule has 0 aliphatic carbocycles. The SMILES string of the molecule is Brc1ccc2sc(C3=CCNCC3)nc2c1. The standard InChI is InChI=1S/C12H11BrN2S/c13-9-1-2-11-10(7-9)15-12(16-11)8-3-5-14-6-4-8/h1-3,7,14H,4-6H2. The van der Waals surface area contributed by atoms with Crippen molar-refractivity contribution in [2.75, 3.05) is 13.1 Å².